The minimum Gasteiger partial charge on any atom is -0.376 e. The van der Waals surface area contributed by atoms with E-state index in [4.69, 9.17) is 11.6 Å². The number of rotatable bonds is 6. The van der Waals surface area contributed by atoms with Crippen molar-refractivity contribution in [3.05, 3.63) is 53.1 Å². The number of nitrogens with one attached hydrogen (secondary N) is 2. The van der Waals surface area contributed by atoms with Crippen LogP contribution in [0.2, 0.25) is 5.02 Å². The van der Waals surface area contributed by atoms with Crippen LogP contribution in [0.3, 0.4) is 0 Å². The van der Waals surface area contributed by atoms with E-state index >= 15 is 0 Å². The number of hydrogen-bond acceptors (Lipinski definition) is 4. The van der Waals surface area contributed by atoms with Crippen molar-refractivity contribution in [3.63, 3.8) is 0 Å². The van der Waals surface area contributed by atoms with Crippen LogP contribution in [0.5, 0.6) is 0 Å². The summed E-state index contributed by atoms with van der Waals surface area (Å²) in [5.41, 5.74) is 1.96. The van der Waals surface area contributed by atoms with Gasteiger partial charge in [0, 0.05) is 30.5 Å². The third-order valence-corrected chi connectivity index (χ3v) is 5.59. The van der Waals surface area contributed by atoms with Crippen molar-refractivity contribution in [1.29, 1.82) is 0 Å². The standard InChI is InChI=1S/C17H20ClN3O3S/c1-12-7-8-15(25(23,24)21(2)3)10-16(12)20-17(22)11-19-14-6-4-5-13(18)9-14/h4-10,19H,11H2,1-3H3,(H,20,22). The number of aryl methyl sites for hydroxylation is 1. The van der Waals surface area contributed by atoms with Crippen LogP contribution in [0.1, 0.15) is 5.56 Å². The Labute approximate surface area is 152 Å². The summed E-state index contributed by atoms with van der Waals surface area (Å²) in [6, 6.07) is 11.7. The van der Waals surface area contributed by atoms with Gasteiger partial charge in [-0.25, -0.2) is 12.7 Å². The van der Waals surface area contributed by atoms with Crippen LogP contribution in [-0.2, 0) is 14.8 Å². The van der Waals surface area contributed by atoms with Crippen LogP contribution in [0.25, 0.3) is 0 Å². The lowest BCUT2D eigenvalue weighted by atomic mass is 10.2. The van der Waals surface area contributed by atoms with Gasteiger partial charge in [-0.2, -0.15) is 0 Å². The maximum absolute atomic E-state index is 12.2. The summed E-state index contributed by atoms with van der Waals surface area (Å²) in [5, 5.41) is 6.27. The lowest BCUT2D eigenvalue weighted by Gasteiger charge is -2.14. The van der Waals surface area contributed by atoms with E-state index < -0.39 is 10.0 Å². The first-order valence-corrected chi connectivity index (χ1v) is 9.34. The Morgan fingerprint density at radius 2 is 1.88 bits per heavy atom. The third-order valence-electron chi connectivity index (χ3n) is 3.54. The highest BCUT2D eigenvalue weighted by Gasteiger charge is 2.18. The van der Waals surface area contributed by atoms with Gasteiger partial charge in [-0.15, -0.1) is 0 Å². The van der Waals surface area contributed by atoms with Gasteiger partial charge in [0.05, 0.1) is 11.4 Å². The summed E-state index contributed by atoms with van der Waals surface area (Å²) in [5.74, 6) is -0.289. The van der Waals surface area contributed by atoms with Crippen molar-refractivity contribution in [2.24, 2.45) is 0 Å². The maximum Gasteiger partial charge on any atom is 0.243 e. The average molecular weight is 382 g/mol. The molecule has 8 heteroatoms. The van der Waals surface area contributed by atoms with Crippen molar-refractivity contribution in [2.45, 2.75) is 11.8 Å². The van der Waals surface area contributed by atoms with E-state index in [-0.39, 0.29) is 17.3 Å². The Balaban J connectivity index is 2.10. The topological polar surface area (TPSA) is 78.5 Å². The van der Waals surface area contributed by atoms with Crippen LogP contribution in [-0.4, -0.2) is 39.3 Å². The Morgan fingerprint density at radius 3 is 2.52 bits per heavy atom. The zero-order chi connectivity index (χ0) is 18.6. The highest BCUT2D eigenvalue weighted by Crippen LogP contribution is 2.22. The number of halogens is 1. The molecule has 2 aromatic carbocycles. The molecule has 2 N–H and O–H groups in total. The number of benzene rings is 2. The Kier molecular flexibility index (Phi) is 6.05. The first kappa shape index (κ1) is 19.2. The van der Waals surface area contributed by atoms with Crippen LogP contribution in [0, 0.1) is 6.92 Å². The monoisotopic (exact) mass is 381 g/mol. The smallest absolute Gasteiger partial charge is 0.243 e. The molecule has 2 aromatic rings. The summed E-state index contributed by atoms with van der Waals surface area (Å²) >= 11 is 5.89. The van der Waals surface area contributed by atoms with E-state index in [1.807, 2.05) is 0 Å². The number of hydrogen-bond donors (Lipinski definition) is 2. The number of sulfonamides is 1. The molecule has 0 spiro atoms. The SMILES string of the molecule is Cc1ccc(S(=O)(=O)N(C)C)cc1NC(=O)CNc1cccc(Cl)c1. The molecule has 0 saturated heterocycles. The molecule has 134 valence electrons. The molecule has 0 aromatic heterocycles. The van der Waals surface area contributed by atoms with Gasteiger partial charge in [0.25, 0.3) is 0 Å². The molecule has 0 aliphatic carbocycles. The molecule has 1 amide bonds. The van der Waals surface area contributed by atoms with Gasteiger partial charge in [0.1, 0.15) is 0 Å². The summed E-state index contributed by atoms with van der Waals surface area (Å²) in [4.78, 5) is 12.3. The molecule has 0 heterocycles. The van der Waals surface area contributed by atoms with Crippen molar-refractivity contribution in [3.8, 4) is 0 Å². The fraction of sp³-hybridized carbons (Fsp3) is 0.235. The van der Waals surface area contributed by atoms with E-state index in [0.717, 1.165) is 15.6 Å². The quantitative estimate of drug-likeness (QED) is 0.806. The fourth-order valence-corrected chi connectivity index (χ4v) is 3.20. The van der Waals surface area contributed by atoms with Crippen LogP contribution in [0.15, 0.2) is 47.4 Å². The fourth-order valence-electron chi connectivity index (χ4n) is 2.08. The van der Waals surface area contributed by atoms with Gasteiger partial charge < -0.3 is 10.6 Å². The summed E-state index contributed by atoms with van der Waals surface area (Å²) in [6.07, 6.45) is 0. The molecular formula is C17H20ClN3O3S. The van der Waals surface area contributed by atoms with Gasteiger partial charge in [0.2, 0.25) is 15.9 Å². The first-order valence-electron chi connectivity index (χ1n) is 7.52. The van der Waals surface area contributed by atoms with Crippen molar-refractivity contribution >= 4 is 38.9 Å². The second kappa shape index (κ2) is 7.86. The second-order valence-corrected chi connectivity index (χ2v) is 8.26. The Bertz CT molecular complexity index is 882. The normalized spacial score (nSPS) is 11.4. The van der Waals surface area contributed by atoms with Gasteiger partial charge in [-0.1, -0.05) is 23.7 Å². The molecule has 0 atom stereocenters. The molecule has 0 saturated carbocycles. The van der Waals surface area contributed by atoms with Gasteiger partial charge in [0.15, 0.2) is 0 Å². The number of amides is 1. The highest BCUT2D eigenvalue weighted by atomic mass is 35.5. The van der Waals surface area contributed by atoms with Gasteiger partial charge in [-0.3, -0.25) is 4.79 Å². The molecule has 0 bridgehead atoms. The molecule has 0 radical (unpaired) electrons. The van der Waals surface area contributed by atoms with Crippen LogP contribution in [0.4, 0.5) is 11.4 Å². The lowest BCUT2D eigenvalue weighted by Crippen LogP contribution is -2.24. The molecule has 0 unspecified atom stereocenters. The summed E-state index contributed by atoms with van der Waals surface area (Å²) in [7, 11) is -0.639. The zero-order valence-corrected chi connectivity index (χ0v) is 15.8. The number of carbonyl (C=O) groups is 1. The van der Waals surface area contributed by atoms with E-state index in [1.54, 1.807) is 37.3 Å². The minimum absolute atomic E-state index is 0.0322. The highest BCUT2D eigenvalue weighted by molar-refractivity contribution is 7.89. The molecule has 6 nitrogen and oxygen atoms in total. The summed E-state index contributed by atoms with van der Waals surface area (Å²) in [6.45, 7) is 1.83. The zero-order valence-electron chi connectivity index (χ0n) is 14.2. The molecule has 0 aliphatic heterocycles. The van der Waals surface area contributed by atoms with E-state index in [2.05, 4.69) is 10.6 Å². The molecule has 0 fully saturated rings. The Hall–Kier alpha value is -2.09. The first-order chi connectivity index (χ1) is 11.7. The van der Waals surface area contributed by atoms with Gasteiger partial charge in [-0.05, 0) is 42.8 Å². The predicted octanol–water partition coefficient (Wildman–Crippen LogP) is 2.95. The number of carbonyl (C=O) groups excluding carboxylic acids is 1. The maximum atomic E-state index is 12.2. The van der Waals surface area contributed by atoms with Crippen LogP contribution >= 0.6 is 11.6 Å². The lowest BCUT2D eigenvalue weighted by molar-refractivity contribution is -0.114. The van der Waals surface area contributed by atoms with E-state index in [9.17, 15) is 13.2 Å². The van der Waals surface area contributed by atoms with Crippen molar-refractivity contribution in [1.82, 2.24) is 4.31 Å². The molecule has 0 aliphatic rings. The molecule has 2 rings (SSSR count). The van der Waals surface area contributed by atoms with Gasteiger partial charge >= 0.3 is 0 Å². The summed E-state index contributed by atoms with van der Waals surface area (Å²) < 4.78 is 25.6. The van der Waals surface area contributed by atoms with Crippen LogP contribution < -0.4 is 10.6 Å². The van der Waals surface area contributed by atoms with E-state index in [0.29, 0.717) is 10.7 Å². The minimum atomic E-state index is -3.56. The Morgan fingerprint density at radius 1 is 1.16 bits per heavy atom. The predicted molar refractivity (Wildman–Crippen MR) is 101 cm³/mol. The molecule has 25 heavy (non-hydrogen) atoms. The number of anilines is 2. The molecular weight excluding hydrogens is 362 g/mol. The van der Waals surface area contributed by atoms with E-state index in [1.165, 1.54) is 26.2 Å². The second-order valence-electron chi connectivity index (χ2n) is 5.68. The average Bonchev–Trinajstić information content (AvgIpc) is 2.55. The number of nitrogens with zero attached hydrogens (tertiary/aromatic N) is 1. The third kappa shape index (κ3) is 4.94. The largest absolute Gasteiger partial charge is 0.376 e. The van der Waals surface area contributed by atoms with Crippen molar-refractivity contribution < 1.29 is 13.2 Å². The van der Waals surface area contributed by atoms with Crippen molar-refractivity contribution in [2.75, 3.05) is 31.3 Å².